The Balaban J connectivity index is 1.21. The smallest absolute Gasteiger partial charge is 0.258 e. The van der Waals surface area contributed by atoms with Crippen molar-refractivity contribution in [1.29, 1.82) is 0 Å². The van der Waals surface area contributed by atoms with Gasteiger partial charge in [-0.2, -0.15) is 5.10 Å². The monoisotopic (exact) mass is 414 g/mol. The van der Waals surface area contributed by atoms with Crippen molar-refractivity contribution in [3.63, 3.8) is 0 Å². The first kappa shape index (κ1) is 19.6. The average molecular weight is 415 g/mol. The first-order valence-electron chi connectivity index (χ1n) is 10.8. The molecule has 1 fully saturated rings. The molecular weight excluding hydrogens is 388 g/mol. The number of benzene rings is 1. The quantitative estimate of drug-likeness (QED) is 0.542. The first-order valence-corrected chi connectivity index (χ1v) is 10.8. The van der Waals surface area contributed by atoms with Crippen LogP contribution in [0.3, 0.4) is 0 Å². The molecule has 1 aliphatic heterocycles. The fraction of sp³-hybridized carbons (Fsp3) is 0.333. The van der Waals surface area contributed by atoms with E-state index in [9.17, 15) is 4.79 Å². The Morgan fingerprint density at radius 2 is 1.90 bits per heavy atom. The minimum absolute atomic E-state index is 0.171. The van der Waals surface area contributed by atoms with E-state index in [2.05, 4.69) is 56.1 Å². The van der Waals surface area contributed by atoms with E-state index >= 15 is 0 Å². The van der Waals surface area contributed by atoms with Gasteiger partial charge in [-0.25, -0.2) is 14.6 Å². The minimum Gasteiger partial charge on any atom is -0.313 e. The molecule has 5 rings (SSSR count). The molecule has 1 aliphatic rings. The maximum absolute atomic E-state index is 12.0. The SMILES string of the molecule is Cc1ccc(C2CCN(CCc3cnn(-c4nccc5c(=O)[nH]cnc45)c3)CC2)cc1. The van der Waals surface area contributed by atoms with Crippen LogP contribution in [0.4, 0.5) is 0 Å². The number of nitrogens with one attached hydrogen (secondary N) is 1. The van der Waals surface area contributed by atoms with Gasteiger partial charge in [0.2, 0.25) is 0 Å². The lowest BCUT2D eigenvalue weighted by Gasteiger charge is -2.32. The number of piperidine rings is 1. The lowest BCUT2D eigenvalue weighted by atomic mass is 9.89. The van der Waals surface area contributed by atoms with Gasteiger partial charge >= 0.3 is 0 Å². The molecule has 4 heterocycles. The fourth-order valence-electron chi connectivity index (χ4n) is 4.38. The van der Waals surface area contributed by atoms with E-state index < -0.39 is 0 Å². The van der Waals surface area contributed by atoms with Crippen molar-refractivity contribution < 1.29 is 0 Å². The Bertz CT molecular complexity index is 1230. The molecule has 0 amide bonds. The summed E-state index contributed by atoms with van der Waals surface area (Å²) in [6, 6.07) is 10.7. The van der Waals surface area contributed by atoms with Gasteiger partial charge in [0.05, 0.1) is 17.9 Å². The molecule has 0 unspecified atom stereocenters. The van der Waals surface area contributed by atoms with Crippen LogP contribution in [0.1, 0.15) is 35.4 Å². The molecule has 7 nitrogen and oxygen atoms in total. The van der Waals surface area contributed by atoms with Gasteiger partial charge in [-0.15, -0.1) is 0 Å². The number of H-pyrrole nitrogens is 1. The molecule has 3 aromatic heterocycles. The van der Waals surface area contributed by atoms with Crippen molar-refractivity contribution in [2.24, 2.45) is 0 Å². The van der Waals surface area contributed by atoms with Gasteiger partial charge in [-0.3, -0.25) is 4.79 Å². The van der Waals surface area contributed by atoms with Gasteiger partial charge in [0, 0.05) is 18.9 Å². The maximum atomic E-state index is 12.0. The van der Waals surface area contributed by atoms with Crippen molar-refractivity contribution in [2.45, 2.75) is 32.1 Å². The Kier molecular flexibility index (Phi) is 5.34. The topological polar surface area (TPSA) is 79.7 Å². The molecule has 1 aromatic carbocycles. The number of nitrogens with zero attached hydrogens (tertiary/aromatic N) is 5. The number of likely N-dealkylation sites (tertiary alicyclic amines) is 1. The Morgan fingerprint density at radius 3 is 2.71 bits per heavy atom. The van der Waals surface area contributed by atoms with Crippen molar-refractivity contribution in [1.82, 2.24) is 29.6 Å². The molecule has 31 heavy (non-hydrogen) atoms. The predicted octanol–water partition coefficient (Wildman–Crippen LogP) is 3.23. The maximum Gasteiger partial charge on any atom is 0.258 e. The van der Waals surface area contributed by atoms with E-state index in [-0.39, 0.29) is 5.56 Å². The standard InChI is InChI=1S/C24H26N6O/c1-17-2-4-19(5-3-17)20-8-12-29(13-9-20)11-7-18-14-28-30(15-18)23-22-21(6-10-25-23)24(31)27-16-26-22/h2-6,10,14-16,20H,7-9,11-13H2,1H3,(H,26,27,31). The van der Waals surface area contributed by atoms with Crippen LogP contribution in [0.5, 0.6) is 0 Å². The van der Waals surface area contributed by atoms with Crippen LogP contribution in [-0.2, 0) is 6.42 Å². The summed E-state index contributed by atoms with van der Waals surface area (Å²) in [5, 5.41) is 4.99. The summed E-state index contributed by atoms with van der Waals surface area (Å²) >= 11 is 0. The zero-order valence-electron chi connectivity index (χ0n) is 17.7. The van der Waals surface area contributed by atoms with Crippen LogP contribution in [-0.4, -0.2) is 49.3 Å². The second-order valence-electron chi connectivity index (χ2n) is 8.33. The first-order chi connectivity index (χ1) is 15.2. The van der Waals surface area contributed by atoms with Crippen molar-refractivity contribution >= 4 is 10.9 Å². The highest BCUT2D eigenvalue weighted by Gasteiger charge is 2.20. The number of aromatic nitrogens is 5. The molecule has 0 radical (unpaired) electrons. The number of pyridine rings is 1. The summed E-state index contributed by atoms with van der Waals surface area (Å²) in [4.78, 5) is 25.9. The Hall–Kier alpha value is -3.32. The Labute approximate surface area is 180 Å². The zero-order chi connectivity index (χ0) is 21.2. The molecule has 158 valence electrons. The second kappa shape index (κ2) is 8.43. The average Bonchev–Trinajstić information content (AvgIpc) is 3.27. The number of hydrogen-bond acceptors (Lipinski definition) is 5. The lowest BCUT2D eigenvalue weighted by Crippen LogP contribution is -2.34. The number of aromatic amines is 1. The predicted molar refractivity (Wildman–Crippen MR) is 121 cm³/mol. The van der Waals surface area contributed by atoms with Crippen LogP contribution >= 0.6 is 0 Å². The van der Waals surface area contributed by atoms with Crippen LogP contribution in [0, 0.1) is 6.92 Å². The van der Waals surface area contributed by atoms with Gasteiger partial charge in [0.1, 0.15) is 5.52 Å². The highest BCUT2D eigenvalue weighted by Crippen LogP contribution is 2.28. The molecule has 0 saturated carbocycles. The third-order valence-corrected chi connectivity index (χ3v) is 6.24. The molecule has 1 saturated heterocycles. The fourth-order valence-corrected chi connectivity index (χ4v) is 4.38. The molecular formula is C24H26N6O. The molecule has 0 aliphatic carbocycles. The van der Waals surface area contributed by atoms with Crippen molar-refractivity contribution in [3.8, 4) is 5.82 Å². The van der Waals surface area contributed by atoms with Crippen LogP contribution < -0.4 is 5.56 Å². The van der Waals surface area contributed by atoms with Gasteiger partial charge in [-0.1, -0.05) is 29.8 Å². The van der Waals surface area contributed by atoms with Crippen LogP contribution in [0.25, 0.3) is 16.7 Å². The Morgan fingerprint density at radius 1 is 1.10 bits per heavy atom. The van der Waals surface area contributed by atoms with E-state index in [0.717, 1.165) is 31.6 Å². The third kappa shape index (κ3) is 4.14. The van der Waals surface area contributed by atoms with Crippen LogP contribution in [0.15, 0.2) is 60.0 Å². The number of aryl methyl sites for hydroxylation is 1. The second-order valence-corrected chi connectivity index (χ2v) is 8.33. The van der Waals surface area contributed by atoms with E-state index in [1.165, 1.54) is 30.3 Å². The molecule has 0 atom stereocenters. The van der Waals surface area contributed by atoms with E-state index in [1.54, 1.807) is 16.9 Å². The third-order valence-electron chi connectivity index (χ3n) is 6.24. The zero-order valence-corrected chi connectivity index (χ0v) is 17.7. The van der Waals surface area contributed by atoms with E-state index in [1.807, 2.05) is 12.4 Å². The summed E-state index contributed by atoms with van der Waals surface area (Å²) in [5.74, 6) is 1.25. The van der Waals surface area contributed by atoms with Crippen molar-refractivity contribution in [2.75, 3.05) is 19.6 Å². The summed E-state index contributed by atoms with van der Waals surface area (Å²) in [7, 11) is 0. The largest absolute Gasteiger partial charge is 0.313 e. The molecule has 1 N–H and O–H groups in total. The van der Waals surface area contributed by atoms with Gasteiger partial charge < -0.3 is 9.88 Å². The number of rotatable bonds is 5. The normalized spacial score (nSPS) is 15.5. The summed E-state index contributed by atoms with van der Waals surface area (Å²) < 4.78 is 1.72. The highest BCUT2D eigenvalue weighted by molar-refractivity contribution is 5.83. The van der Waals surface area contributed by atoms with Gasteiger partial charge in [0.25, 0.3) is 5.56 Å². The van der Waals surface area contributed by atoms with E-state index in [4.69, 9.17) is 0 Å². The van der Waals surface area contributed by atoms with Crippen molar-refractivity contribution in [3.05, 3.63) is 82.3 Å². The molecule has 0 bridgehead atoms. The van der Waals surface area contributed by atoms with E-state index in [0.29, 0.717) is 22.6 Å². The summed E-state index contributed by atoms with van der Waals surface area (Å²) in [6.07, 6.45) is 10.3. The summed E-state index contributed by atoms with van der Waals surface area (Å²) in [6.45, 7) is 5.42. The van der Waals surface area contributed by atoms with Gasteiger partial charge in [0.15, 0.2) is 5.82 Å². The van der Waals surface area contributed by atoms with Crippen LogP contribution in [0.2, 0.25) is 0 Å². The van der Waals surface area contributed by atoms with Gasteiger partial charge in [-0.05, 0) is 62.4 Å². The highest BCUT2D eigenvalue weighted by atomic mass is 16.1. The minimum atomic E-state index is -0.171. The molecule has 0 spiro atoms. The molecule has 4 aromatic rings. The number of fused-ring (bicyclic) bond motifs is 1. The number of hydrogen-bond donors (Lipinski definition) is 1. The summed E-state index contributed by atoms with van der Waals surface area (Å²) in [5.41, 5.74) is 4.34. The molecule has 7 heteroatoms. The lowest BCUT2D eigenvalue weighted by molar-refractivity contribution is 0.214.